The van der Waals surface area contributed by atoms with E-state index in [9.17, 15) is 19.7 Å². The van der Waals surface area contributed by atoms with Gasteiger partial charge in [0.25, 0.3) is 5.91 Å². The Morgan fingerprint density at radius 3 is 2.65 bits per heavy atom. The first kappa shape index (κ1) is 19.1. The van der Waals surface area contributed by atoms with Gasteiger partial charge in [-0.05, 0) is 46.5 Å². The largest absolute Gasteiger partial charge is 0.338 e. The molecule has 0 aliphatic carbocycles. The van der Waals surface area contributed by atoms with Gasteiger partial charge < -0.3 is 9.47 Å². The molecule has 0 saturated carbocycles. The summed E-state index contributed by atoms with van der Waals surface area (Å²) >= 11 is 0. The number of nitrogens with zero attached hydrogens (tertiary/aromatic N) is 7. The monoisotopic (exact) mass is 421 g/mol. The van der Waals surface area contributed by atoms with Gasteiger partial charge in [0.05, 0.1) is 11.5 Å². The molecule has 2 aromatic heterocycles. The minimum Gasteiger partial charge on any atom is -0.338 e. The van der Waals surface area contributed by atoms with Crippen molar-refractivity contribution in [2.75, 3.05) is 13.1 Å². The van der Waals surface area contributed by atoms with Gasteiger partial charge in [0, 0.05) is 42.9 Å². The molecular formula is C20H19N7O4. The molecule has 0 radical (unpaired) electrons. The van der Waals surface area contributed by atoms with Crippen LogP contribution in [0.15, 0.2) is 47.5 Å². The second-order valence-electron chi connectivity index (χ2n) is 8.03. The van der Waals surface area contributed by atoms with E-state index in [0.717, 1.165) is 17.7 Å². The number of rotatable bonds is 4. The zero-order valence-electron chi connectivity index (χ0n) is 16.5. The van der Waals surface area contributed by atoms with Gasteiger partial charge in [-0.3, -0.25) is 19.7 Å². The molecule has 0 unspecified atom stereocenters. The molecule has 0 spiro atoms. The summed E-state index contributed by atoms with van der Waals surface area (Å²) in [5.74, 6) is 0.0272. The molecule has 158 valence electrons. The second-order valence-corrected chi connectivity index (χ2v) is 8.03. The van der Waals surface area contributed by atoms with Gasteiger partial charge in [-0.1, -0.05) is 12.1 Å². The SMILES string of the molecule is O=C(c1ccc(Cn2cnnn2)cc1)N1C[C@H]2C[C@@H](C1)c1ccc([N+](=O)[O-])c(=O)n1C2. The minimum absolute atomic E-state index is 0.0101. The fraction of sp³-hybridized carbons (Fsp3) is 0.350. The summed E-state index contributed by atoms with van der Waals surface area (Å²) in [5, 5.41) is 22.1. The molecule has 2 bridgehead atoms. The number of benzene rings is 1. The van der Waals surface area contributed by atoms with Crippen LogP contribution in [0.3, 0.4) is 0 Å². The highest BCUT2D eigenvalue weighted by atomic mass is 16.6. The van der Waals surface area contributed by atoms with Crippen molar-refractivity contribution in [2.45, 2.75) is 25.4 Å². The zero-order chi connectivity index (χ0) is 21.5. The fourth-order valence-electron chi connectivity index (χ4n) is 4.61. The van der Waals surface area contributed by atoms with E-state index in [-0.39, 0.29) is 17.7 Å². The highest BCUT2D eigenvalue weighted by molar-refractivity contribution is 5.94. The van der Waals surface area contributed by atoms with Crippen LogP contribution in [0.2, 0.25) is 0 Å². The van der Waals surface area contributed by atoms with Crippen LogP contribution in [0.1, 0.15) is 34.0 Å². The molecule has 11 heteroatoms. The molecule has 5 rings (SSSR count). The van der Waals surface area contributed by atoms with Crippen LogP contribution in [-0.4, -0.2) is 53.6 Å². The fourth-order valence-corrected chi connectivity index (χ4v) is 4.61. The molecule has 2 aliphatic heterocycles. The highest BCUT2D eigenvalue weighted by Crippen LogP contribution is 2.36. The van der Waals surface area contributed by atoms with Gasteiger partial charge in [0.2, 0.25) is 0 Å². The van der Waals surface area contributed by atoms with Gasteiger partial charge in [-0.25, -0.2) is 4.68 Å². The standard InChI is InChI=1S/C20H19N7O4/c28-19(15-3-1-13(2-4-15)9-25-12-21-22-23-25)24-8-14-7-16(11-24)17-5-6-18(27(30)31)20(29)26(17)10-14/h1-6,12,14,16H,7-11H2/t14-,16+/m1/s1. The summed E-state index contributed by atoms with van der Waals surface area (Å²) < 4.78 is 3.12. The number of hydrogen-bond acceptors (Lipinski definition) is 7. The number of carbonyl (C=O) groups excluding carboxylic acids is 1. The Bertz CT molecular complexity index is 1200. The average Bonchev–Trinajstić information content (AvgIpc) is 3.27. The maximum absolute atomic E-state index is 13.1. The number of hydrogen-bond donors (Lipinski definition) is 0. The Hall–Kier alpha value is -3.89. The van der Waals surface area contributed by atoms with E-state index < -0.39 is 16.2 Å². The predicted molar refractivity (Wildman–Crippen MR) is 107 cm³/mol. The number of piperidine rings is 1. The number of aromatic nitrogens is 5. The van der Waals surface area contributed by atoms with Crippen molar-refractivity contribution in [3.8, 4) is 0 Å². The Morgan fingerprint density at radius 1 is 1.13 bits per heavy atom. The third kappa shape index (κ3) is 3.47. The molecular weight excluding hydrogens is 402 g/mol. The van der Waals surface area contributed by atoms with Crippen LogP contribution in [0, 0.1) is 16.0 Å². The van der Waals surface area contributed by atoms with Crippen molar-refractivity contribution in [1.29, 1.82) is 0 Å². The molecule has 0 N–H and O–H groups in total. The molecule has 1 fully saturated rings. The smallest absolute Gasteiger partial charge is 0.334 e. The number of carbonyl (C=O) groups is 1. The molecule has 2 aliphatic rings. The van der Waals surface area contributed by atoms with Crippen LogP contribution in [-0.2, 0) is 13.1 Å². The number of tetrazole rings is 1. The van der Waals surface area contributed by atoms with Crippen molar-refractivity contribution < 1.29 is 9.72 Å². The summed E-state index contributed by atoms with van der Waals surface area (Å²) in [6.07, 6.45) is 2.40. The van der Waals surface area contributed by atoms with Crippen LogP contribution in [0.25, 0.3) is 0 Å². The number of fused-ring (bicyclic) bond motifs is 4. The van der Waals surface area contributed by atoms with Crippen molar-refractivity contribution in [2.24, 2.45) is 5.92 Å². The molecule has 31 heavy (non-hydrogen) atoms. The lowest BCUT2D eigenvalue weighted by Gasteiger charge is -2.42. The third-order valence-corrected chi connectivity index (χ3v) is 6.00. The van der Waals surface area contributed by atoms with E-state index in [0.29, 0.717) is 31.7 Å². The summed E-state index contributed by atoms with van der Waals surface area (Å²) in [7, 11) is 0. The number of likely N-dealkylation sites (tertiary alicyclic amines) is 1. The predicted octanol–water partition coefficient (Wildman–Crippen LogP) is 1.05. The number of nitro groups is 1. The van der Waals surface area contributed by atoms with E-state index in [1.54, 1.807) is 22.9 Å². The van der Waals surface area contributed by atoms with Crippen molar-refractivity contribution in [3.05, 3.63) is 80.0 Å². The summed E-state index contributed by atoms with van der Waals surface area (Å²) in [5.41, 5.74) is 1.38. The maximum Gasteiger partial charge on any atom is 0.334 e. The van der Waals surface area contributed by atoms with Crippen LogP contribution >= 0.6 is 0 Å². The molecule has 11 nitrogen and oxygen atoms in total. The van der Waals surface area contributed by atoms with E-state index in [1.165, 1.54) is 17.0 Å². The Morgan fingerprint density at radius 2 is 1.94 bits per heavy atom. The second kappa shape index (κ2) is 7.42. The van der Waals surface area contributed by atoms with Gasteiger partial charge in [0.1, 0.15) is 6.33 Å². The quantitative estimate of drug-likeness (QED) is 0.455. The lowest BCUT2D eigenvalue weighted by Crippen LogP contribution is -2.49. The normalized spacial score (nSPS) is 19.7. The van der Waals surface area contributed by atoms with E-state index in [1.807, 2.05) is 17.0 Å². The van der Waals surface area contributed by atoms with Gasteiger partial charge in [-0.15, -0.1) is 5.10 Å². The molecule has 1 saturated heterocycles. The molecule has 4 heterocycles. The van der Waals surface area contributed by atoms with Crippen molar-refractivity contribution in [1.82, 2.24) is 29.7 Å². The third-order valence-electron chi connectivity index (χ3n) is 6.00. The summed E-state index contributed by atoms with van der Waals surface area (Å²) in [6, 6.07) is 10.3. The average molecular weight is 421 g/mol. The summed E-state index contributed by atoms with van der Waals surface area (Å²) in [4.78, 5) is 37.9. The number of pyridine rings is 1. The first-order chi connectivity index (χ1) is 15.0. The van der Waals surface area contributed by atoms with Gasteiger partial charge >= 0.3 is 11.2 Å². The van der Waals surface area contributed by atoms with E-state index >= 15 is 0 Å². The Kier molecular flexibility index (Phi) is 4.57. The molecule has 3 aromatic rings. The Labute approximate surface area is 176 Å². The zero-order valence-corrected chi connectivity index (χ0v) is 16.5. The Balaban J connectivity index is 1.34. The molecule has 1 aromatic carbocycles. The molecule has 1 amide bonds. The highest BCUT2D eigenvalue weighted by Gasteiger charge is 2.37. The van der Waals surface area contributed by atoms with E-state index in [2.05, 4.69) is 15.5 Å². The van der Waals surface area contributed by atoms with Gasteiger partial charge in [0.15, 0.2) is 0 Å². The minimum atomic E-state index is -0.640. The van der Waals surface area contributed by atoms with Crippen LogP contribution in [0.4, 0.5) is 5.69 Å². The van der Waals surface area contributed by atoms with Gasteiger partial charge in [-0.2, -0.15) is 0 Å². The van der Waals surface area contributed by atoms with Crippen LogP contribution < -0.4 is 5.56 Å². The van der Waals surface area contributed by atoms with E-state index in [4.69, 9.17) is 0 Å². The maximum atomic E-state index is 13.1. The lowest BCUT2D eigenvalue weighted by atomic mass is 9.83. The topological polar surface area (TPSA) is 129 Å². The van der Waals surface area contributed by atoms with Crippen molar-refractivity contribution >= 4 is 11.6 Å². The summed E-state index contributed by atoms with van der Waals surface area (Å²) in [6.45, 7) is 1.92. The first-order valence-electron chi connectivity index (χ1n) is 9.96. The lowest BCUT2D eigenvalue weighted by molar-refractivity contribution is -0.386. The van der Waals surface area contributed by atoms with Crippen LogP contribution in [0.5, 0.6) is 0 Å². The molecule has 2 atom stereocenters. The van der Waals surface area contributed by atoms with Crippen molar-refractivity contribution in [3.63, 3.8) is 0 Å². The first-order valence-corrected chi connectivity index (χ1v) is 9.96. The number of amides is 1.